The number of ether oxygens (including phenoxy) is 1. The van der Waals surface area contributed by atoms with Gasteiger partial charge in [-0.2, -0.15) is 0 Å². The van der Waals surface area contributed by atoms with E-state index in [1.54, 1.807) is 36.4 Å². The van der Waals surface area contributed by atoms with Crippen molar-refractivity contribution in [1.29, 1.82) is 0 Å². The molecule has 154 valence electrons. The lowest BCUT2D eigenvalue weighted by molar-refractivity contribution is -0.142. The summed E-state index contributed by atoms with van der Waals surface area (Å²) in [6, 6.07) is 15.5. The lowest BCUT2D eigenvalue weighted by atomic mass is 9.96. The van der Waals surface area contributed by atoms with E-state index in [1.165, 1.54) is 19.1 Å². The summed E-state index contributed by atoms with van der Waals surface area (Å²) in [6.07, 6.45) is -1.00. The highest BCUT2D eigenvalue weighted by Crippen LogP contribution is 2.13. The molecule has 2 aromatic rings. The Kier molecular flexibility index (Phi) is 7.59. The fourth-order valence-corrected chi connectivity index (χ4v) is 2.65. The molecule has 8 nitrogen and oxygen atoms in total. The number of phenolic OH excluding ortho intramolecular Hbond substituents is 1. The molecule has 0 heterocycles. The van der Waals surface area contributed by atoms with Crippen molar-refractivity contribution in [3.05, 3.63) is 65.7 Å². The number of rotatable bonds is 9. The van der Waals surface area contributed by atoms with Gasteiger partial charge in [-0.25, -0.2) is 4.79 Å². The number of amides is 2. The van der Waals surface area contributed by atoms with Crippen LogP contribution in [0.15, 0.2) is 54.6 Å². The molecule has 2 rings (SSSR count). The van der Waals surface area contributed by atoms with E-state index in [0.717, 1.165) is 11.1 Å². The van der Waals surface area contributed by atoms with E-state index in [2.05, 4.69) is 10.6 Å². The van der Waals surface area contributed by atoms with E-state index in [9.17, 15) is 19.5 Å². The number of hydrogen-bond donors (Lipinski definition) is 4. The average molecular weight is 400 g/mol. The van der Waals surface area contributed by atoms with Gasteiger partial charge in [0.2, 0.25) is 5.91 Å². The minimum absolute atomic E-state index is 0.00169. The van der Waals surface area contributed by atoms with Gasteiger partial charge < -0.3 is 25.6 Å². The molecular weight excluding hydrogens is 376 g/mol. The summed E-state index contributed by atoms with van der Waals surface area (Å²) in [4.78, 5) is 35.9. The SMILES string of the molecule is C[C@](CC(=O)O)(NC(=O)OCc1ccccc1)C(=O)NCCc1ccc(O)cc1. The van der Waals surface area contributed by atoms with Crippen molar-refractivity contribution in [1.82, 2.24) is 10.6 Å². The van der Waals surface area contributed by atoms with Crippen molar-refractivity contribution in [2.75, 3.05) is 6.54 Å². The Balaban J connectivity index is 1.91. The number of hydrogen-bond acceptors (Lipinski definition) is 5. The normalized spacial score (nSPS) is 12.4. The van der Waals surface area contributed by atoms with E-state index in [0.29, 0.717) is 6.42 Å². The average Bonchev–Trinajstić information content (AvgIpc) is 2.68. The number of phenols is 1. The first-order chi connectivity index (χ1) is 13.8. The van der Waals surface area contributed by atoms with E-state index >= 15 is 0 Å². The Hall–Kier alpha value is -3.55. The molecule has 0 bridgehead atoms. The van der Waals surface area contributed by atoms with E-state index in [-0.39, 0.29) is 18.9 Å². The molecular formula is C21H24N2O6. The molecule has 0 saturated heterocycles. The van der Waals surface area contributed by atoms with E-state index < -0.39 is 29.9 Å². The van der Waals surface area contributed by atoms with Gasteiger partial charge in [-0.05, 0) is 36.6 Å². The van der Waals surface area contributed by atoms with Crippen LogP contribution in [0.5, 0.6) is 5.75 Å². The minimum atomic E-state index is -1.67. The maximum atomic E-state index is 12.6. The van der Waals surface area contributed by atoms with Crippen LogP contribution in [0.3, 0.4) is 0 Å². The Bertz CT molecular complexity index is 838. The van der Waals surface area contributed by atoms with Crippen molar-refractivity contribution in [2.24, 2.45) is 0 Å². The summed E-state index contributed by atoms with van der Waals surface area (Å²) in [6.45, 7) is 1.57. The van der Waals surface area contributed by atoms with Gasteiger partial charge in [0.1, 0.15) is 17.9 Å². The number of benzene rings is 2. The van der Waals surface area contributed by atoms with Crippen LogP contribution in [0, 0.1) is 0 Å². The van der Waals surface area contributed by atoms with Crippen LogP contribution in [-0.4, -0.2) is 40.3 Å². The van der Waals surface area contributed by atoms with Crippen molar-refractivity contribution >= 4 is 18.0 Å². The molecule has 0 spiro atoms. The highest BCUT2D eigenvalue weighted by Gasteiger charge is 2.37. The smallest absolute Gasteiger partial charge is 0.408 e. The summed E-state index contributed by atoms with van der Waals surface area (Å²) >= 11 is 0. The van der Waals surface area contributed by atoms with Gasteiger partial charge in [0, 0.05) is 6.54 Å². The second-order valence-corrected chi connectivity index (χ2v) is 6.76. The first-order valence-corrected chi connectivity index (χ1v) is 9.05. The number of carbonyl (C=O) groups excluding carboxylic acids is 2. The van der Waals surface area contributed by atoms with Crippen LogP contribution in [-0.2, 0) is 27.4 Å². The standard InChI is InChI=1S/C21H24N2O6/c1-21(13-18(25)26,23-20(28)29-14-16-5-3-2-4-6-16)19(27)22-12-11-15-7-9-17(24)10-8-15/h2-10,24H,11-14H2,1H3,(H,22,27)(H,23,28)(H,25,26)/t21-/m1/s1. The summed E-state index contributed by atoms with van der Waals surface area (Å²) in [5, 5.41) is 23.4. The molecule has 0 radical (unpaired) electrons. The molecule has 1 atom stereocenters. The minimum Gasteiger partial charge on any atom is -0.508 e. The highest BCUT2D eigenvalue weighted by molar-refractivity contribution is 5.93. The zero-order chi connectivity index (χ0) is 21.3. The Morgan fingerprint density at radius 1 is 1.00 bits per heavy atom. The number of nitrogens with one attached hydrogen (secondary N) is 2. The van der Waals surface area contributed by atoms with Crippen LogP contribution >= 0.6 is 0 Å². The third kappa shape index (κ3) is 7.17. The number of carboxylic acids is 1. The molecule has 0 unspecified atom stereocenters. The van der Waals surface area contributed by atoms with Crippen molar-refractivity contribution in [3.8, 4) is 5.75 Å². The molecule has 0 aliphatic rings. The summed E-state index contributed by atoms with van der Waals surface area (Å²) < 4.78 is 5.09. The highest BCUT2D eigenvalue weighted by atomic mass is 16.5. The van der Waals surface area contributed by atoms with E-state index in [1.807, 2.05) is 6.07 Å². The third-order valence-corrected chi connectivity index (χ3v) is 4.23. The van der Waals surface area contributed by atoms with Gasteiger partial charge in [0.15, 0.2) is 0 Å². The van der Waals surface area contributed by atoms with Crippen LogP contribution in [0.25, 0.3) is 0 Å². The maximum absolute atomic E-state index is 12.6. The van der Waals surface area contributed by atoms with Crippen LogP contribution in [0.1, 0.15) is 24.5 Å². The summed E-state index contributed by atoms with van der Waals surface area (Å²) in [5.74, 6) is -1.72. The molecule has 4 N–H and O–H groups in total. The van der Waals surface area contributed by atoms with Gasteiger partial charge >= 0.3 is 12.1 Å². The van der Waals surface area contributed by atoms with Crippen molar-refractivity contribution in [2.45, 2.75) is 31.9 Å². The monoisotopic (exact) mass is 400 g/mol. The summed E-state index contributed by atoms with van der Waals surface area (Å²) in [5.41, 5.74) is -0.0200. The van der Waals surface area contributed by atoms with Gasteiger partial charge in [0.05, 0.1) is 6.42 Å². The third-order valence-electron chi connectivity index (χ3n) is 4.23. The predicted octanol–water partition coefficient (Wildman–Crippen LogP) is 2.21. The molecule has 0 aromatic heterocycles. The quantitative estimate of drug-likeness (QED) is 0.511. The first-order valence-electron chi connectivity index (χ1n) is 9.05. The first kappa shape index (κ1) is 21.7. The van der Waals surface area contributed by atoms with Crippen LogP contribution in [0.4, 0.5) is 4.79 Å². The fourth-order valence-electron chi connectivity index (χ4n) is 2.65. The maximum Gasteiger partial charge on any atom is 0.408 e. The Morgan fingerprint density at radius 2 is 1.66 bits per heavy atom. The zero-order valence-corrected chi connectivity index (χ0v) is 16.1. The van der Waals surface area contributed by atoms with E-state index in [4.69, 9.17) is 9.84 Å². The predicted molar refractivity (Wildman–Crippen MR) is 105 cm³/mol. The zero-order valence-electron chi connectivity index (χ0n) is 16.1. The topological polar surface area (TPSA) is 125 Å². The van der Waals surface area contributed by atoms with Gasteiger partial charge in [-0.3, -0.25) is 9.59 Å². The molecule has 2 aromatic carbocycles. The van der Waals surface area contributed by atoms with Crippen molar-refractivity contribution in [3.63, 3.8) is 0 Å². The number of aromatic hydroxyl groups is 1. The number of carbonyl (C=O) groups is 3. The Labute approximate surface area is 168 Å². The molecule has 2 amide bonds. The van der Waals surface area contributed by atoms with Gasteiger partial charge in [0.25, 0.3) is 0 Å². The number of carboxylic acid groups (broad SMARTS) is 1. The molecule has 29 heavy (non-hydrogen) atoms. The van der Waals surface area contributed by atoms with Gasteiger partial charge in [-0.1, -0.05) is 42.5 Å². The molecule has 0 fully saturated rings. The lowest BCUT2D eigenvalue weighted by Crippen LogP contribution is -2.58. The molecule has 0 aliphatic heterocycles. The fraction of sp³-hybridized carbons (Fsp3) is 0.286. The number of aliphatic carboxylic acids is 1. The Morgan fingerprint density at radius 3 is 2.28 bits per heavy atom. The van der Waals surface area contributed by atoms with Crippen LogP contribution < -0.4 is 10.6 Å². The van der Waals surface area contributed by atoms with Crippen LogP contribution in [0.2, 0.25) is 0 Å². The van der Waals surface area contributed by atoms with Crippen molar-refractivity contribution < 1.29 is 29.3 Å². The summed E-state index contributed by atoms with van der Waals surface area (Å²) in [7, 11) is 0. The second kappa shape index (κ2) is 10.1. The lowest BCUT2D eigenvalue weighted by Gasteiger charge is -2.27. The molecule has 8 heteroatoms. The largest absolute Gasteiger partial charge is 0.508 e. The van der Waals surface area contributed by atoms with Gasteiger partial charge in [-0.15, -0.1) is 0 Å². The number of alkyl carbamates (subject to hydrolysis) is 1. The molecule has 0 saturated carbocycles. The second-order valence-electron chi connectivity index (χ2n) is 6.76. The molecule has 0 aliphatic carbocycles.